The van der Waals surface area contributed by atoms with E-state index in [1.54, 1.807) is 24.4 Å². The summed E-state index contributed by atoms with van der Waals surface area (Å²) in [5.41, 5.74) is 0.579. The van der Waals surface area contributed by atoms with Gasteiger partial charge in [0, 0.05) is 24.8 Å². The van der Waals surface area contributed by atoms with E-state index in [0.717, 1.165) is 23.8 Å². The van der Waals surface area contributed by atoms with Crippen molar-refractivity contribution in [2.24, 2.45) is 0 Å². The van der Waals surface area contributed by atoms with Crippen molar-refractivity contribution in [3.63, 3.8) is 0 Å². The highest BCUT2D eigenvalue weighted by atomic mass is 19.4. The van der Waals surface area contributed by atoms with Crippen LogP contribution in [-0.2, 0) is 35.2 Å². The van der Waals surface area contributed by atoms with Crippen LogP contribution in [0.25, 0.3) is 0 Å². The van der Waals surface area contributed by atoms with E-state index >= 15 is 0 Å². The maximum absolute atomic E-state index is 13.4. The Morgan fingerprint density at radius 1 is 0.951 bits per heavy atom. The number of nitrogens with zero attached hydrogens (tertiary/aromatic N) is 1. The van der Waals surface area contributed by atoms with Crippen LogP contribution in [0.1, 0.15) is 55.4 Å². The quantitative estimate of drug-likeness (QED) is 0.220. The molecule has 0 aliphatic carbocycles. The lowest BCUT2D eigenvalue weighted by Gasteiger charge is -2.18. The molecule has 0 fully saturated rings. The van der Waals surface area contributed by atoms with Crippen molar-refractivity contribution >= 4 is 17.6 Å². The average Bonchev–Trinajstić information content (AvgIpc) is 2.90. The highest BCUT2D eigenvalue weighted by Gasteiger charge is 2.32. The van der Waals surface area contributed by atoms with Gasteiger partial charge in [0.1, 0.15) is 23.5 Å². The van der Waals surface area contributed by atoms with E-state index in [1.165, 1.54) is 12.1 Å². The van der Waals surface area contributed by atoms with Gasteiger partial charge in [0.05, 0.1) is 12.0 Å². The van der Waals surface area contributed by atoms with Gasteiger partial charge in [-0.2, -0.15) is 13.2 Å². The molecule has 0 saturated heterocycles. The fourth-order valence-electron chi connectivity index (χ4n) is 4.28. The first kappa shape index (κ1) is 31.7. The summed E-state index contributed by atoms with van der Waals surface area (Å²) in [4.78, 5) is 29.5. The Labute approximate surface area is 235 Å². The molecule has 0 saturated carbocycles. The van der Waals surface area contributed by atoms with Gasteiger partial charge in [0.15, 0.2) is 0 Å². The molecular weight excluding hydrogens is 543 g/mol. The smallest absolute Gasteiger partial charge is 0.344 e. The number of rotatable bonds is 13. The Morgan fingerprint density at radius 3 is 2.29 bits per heavy atom. The van der Waals surface area contributed by atoms with Gasteiger partial charge in [0.25, 0.3) is 0 Å². The third-order valence-corrected chi connectivity index (χ3v) is 6.42. The van der Waals surface area contributed by atoms with Gasteiger partial charge in [0.2, 0.25) is 11.8 Å². The molecule has 0 bridgehead atoms. The SMILES string of the molecule is CCCC(NC(=O)Cc1cc(F)cc(F)c1)C(=O)Nc1ccc(CCC(C)NCc2ccccc2C(F)(F)F)cn1. The zero-order valence-electron chi connectivity index (χ0n) is 22.8. The summed E-state index contributed by atoms with van der Waals surface area (Å²) < 4.78 is 66.4. The molecule has 3 aromatic rings. The number of benzene rings is 2. The number of halogens is 5. The van der Waals surface area contributed by atoms with Crippen LogP contribution in [-0.4, -0.2) is 28.9 Å². The lowest BCUT2D eigenvalue weighted by Crippen LogP contribution is -2.44. The summed E-state index contributed by atoms with van der Waals surface area (Å²) in [6, 6.07) is 10.8. The van der Waals surface area contributed by atoms with Crippen molar-refractivity contribution < 1.29 is 31.5 Å². The monoisotopic (exact) mass is 576 g/mol. The maximum atomic E-state index is 13.4. The van der Waals surface area contributed by atoms with Crippen LogP contribution in [0.15, 0.2) is 60.8 Å². The molecule has 41 heavy (non-hydrogen) atoms. The van der Waals surface area contributed by atoms with Crippen LogP contribution in [0, 0.1) is 11.6 Å². The van der Waals surface area contributed by atoms with Crippen molar-refractivity contribution in [1.82, 2.24) is 15.6 Å². The minimum Gasteiger partial charge on any atom is -0.344 e. The zero-order chi connectivity index (χ0) is 30.0. The summed E-state index contributed by atoms with van der Waals surface area (Å²) in [7, 11) is 0. The number of pyridine rings is 1. The predicted molar refractivity (Wildman–Crippen MR) is 146 cm³/mol. The van der Waals surface area contributed by atoms with Crippen LogP contribution in [0.2, 0.25) is 0 Å². The first-order valence-corrected chi connectivity index (χ1v) is 13.3. The van der Waals surface area contributed by atoms with Gasteiger partial charge in [-0.25, -0.2) is 13.8 Å². The van der Waals surface area contributed by atoms with Crippen molar-refractivity contribution in [2.75, 3.05) is 5.32 Å². The minimum atomic E-state index is -4.41. The van der Waals surface area contributed by atoms with E-state index in [0.29, 0.717) is 31.7 Å². The lowest BCUT2D eigenvalue weighted by atomic mass is 10.1. The number of anilines is 1. The highest BCUT2D eigenvalue weighted by molar-refractivity contribution is 5.96. The molecule has 2 unspecified atom stereocenters. The third kappa shape index (κ3) is 10.2. The largest absolute Gasteiger partial charge is 0.416 e. The van der Waals surface area contributed by atoms with E-state index in [-0.39, 0.29) is 36.0 Å². The fourth-order valence-corrected chi connectivity index (χ4v) is 4.28. The van der Waals surface area contributed by atoms with E-state index in [9.17, 15) is 31.5 Å². The highest BCUT2D eigenvalue weighted by Crippen LogP contribution is 2.31. The van der Waals surface area contributed by atoms with Crippen LogP contribution < -0.4 is 16.0 Å². The second-order valence-electron chi connectivity index (χ2n) is 9.88. The number of hydrogen-bond donors (Lipinski definition) is 3. The van der Waals surface area contributed by atoms with Crippen molar-refractivity contribution in [3.8, 4) is 0 Å². The number of nitrogens with one attached hydrogen (secondary N) is 3. The molecule has 220 valence electrons. The topological polar surface area (TPSA) is 83.1 Å². The Kier molecular flexibility index (Phi) is 11.3. The maximum Gasteiger partial charge on any atom is 0.416 e. The van der Waals surface area contributed by atoms with Crippen molar-refractivity contribution in [2.45, 2.75) is 70.8 Å². The molecule has 2 amide bonds. The molecule has 2 atom stereocenters. The second kappa shape index (κ2) is 14.7. The van der Waals surface area contributed by atoms with Crippen LogP contribution in [0.4, 0.5) is 27.8 Å². The number of aryl methyl sites for hydroxylation is 1. The summed E-state index contributed by atoms with van der Waals surface area (Å²) in [6.45, 7) is 3.84. The molecule has 3 rings (SSSR count). The number of alkyl halides is 3. The molecule has 0 radical (unpaired) electrons. The minimum absolute atomic E-state index is 0.0574. The van der Waals surface area contributed by atoms with E-state index in [2.05, 4.69) is 20.9 Å². The Morgan fingerprint density at radius 2 is 1.66 bits per heavy atom. The predicted octanol–water partition coefficient (Wildman–Crippen LogP) is 5.96. The van der Waals surface area contributed by atoms with Gasteiger partial charge in [-0.15, -0.1) is 0 Å². The van der Waals surface area contributed by atoms with Crippen molar-refractivity contribution in [3.05, 3.63) is 94.7 Å². The van der Waals surface area contributed by atoms with Gasteiger partial charge in [-0.3, -0.25) is 9.59 Å². The van der Waals surface area contributed by atoms with Gasteiger partial charge < -0.3 is 16.0 Å². The van der Waals surface area contributed by atoms with Gasteiger partial charge in [-0.05, 0) is 67.1 Å². The summed E-state index contributed by atoms with van der Waals surface area (Å²) in [5.74, 6) is -2.30. The van der Waals surface area contributed by atoms with Crippen molar-refractivity contribution in [1.29, 1.82) is 0 Å². The molecule has 3 N–H and O–H groups in total. The standard InChI is InChI=1S/C30H33F5N4O2/c1-3-6-26(38-28(40)15-21-13-23(31)16-24(32)14-21)29(41)39-27-12-11-20(17-37-27)10-9-19(2)36-18-22-7-4-5-8-25(22)30(33,34)35/h4-5,7-8,11-14,16-17,19,26,36H,3,6,9-10,15,18H2,1-2H3,(H,38,40)(H,37,39,41). The van der Waals surface area contributed by atoms with Crippen LogP contribution in [0.5, 0.6) is 0 Å². The molecular formula is C30H33F5N4O2. The van der Waals surface area contributed by atoms with Crippen LogP contribution >= 0.6 is 0 Å². The van der Waals surface area contributed by atoms with Gasteiger partial charge >= 0.3 is 6.18 Å². The molecule has 0 aliphatic rings. The first-order chi connectivity index (χ1) is 19.4. The van der Waals surface area contributed by atoms with Gasteiger partial charge in [-0.1, -0.05) is 37.6 Å². The first-order valence-electron chi connectivity index (χ1n) is 13.3. The molecule has 0 aliphatic heterocycles. The van der Waals surface area contributed by atoms with E-state index < -0.39 is 41.2 Å². The molecule has 1 heterocycles. The number of hydrogen-bond acceptors (Lipinski definition) is 4. The molecule has 0 spiro atoms. The number of carbonyl (C=O) groups is 2. The average molecular weight is 577 g/mol. The van der Waals surface area contributed by atoms with Crippen LogP contribution in [0.3, 0.4) is 0 Å². The number of amides is 2. The summed E-state index contributed by atoms with van der Waals surface area (Å²) in [6.07, 6.45) is -0.855. The number of aromatic nitrogens is 1. The third-order valence-electron chi connectivity index (χ3n) is 6.42. The second-order valence-corrected chi connectivity index (χ2v) is 9.88. The summed E-state index contributed by atoms with van der Waals surface area (Å²) in [5, 5.41) is 8.42. The number of carbonyl (C=O) groups excluding carboxylic acids is 2. The van der Waals surface area contributed by atoms with E-state index in [4.69, 9.17) is 0 Å². The Hall–Kier alpha value is -3.86. The summed E-state index contributed by atoms with van der Waals surface area (Å²) >= 11 is 0. The fraction of sp³-hybridized carbons (Fsp3) is 0.367. The molecule has 1 aromatic heterocycles. The van der Waals surface area contributed by atoms with E-state index in [1.807, 2.05) is 13.8 Å². The molecule has 6 nitrogen and oxygen atoms in total. The molecule has 2 aromatic carbocycles. The lowest BCUT2D eigenvalue weighted by molar-refractivity contribution is -0.138. The molecule has 11 heteroatoms. The zero-order valence-corrected chi connectivity index (χ0v) is 22.8. The normalized spacial score (nSPS) is 13.0. The Balaban J connectivity index is 1.48. The Bertz CT molecular complexity index is 1290.